The molecule has 5 rings (SSSR count). The molecule has 0 N–H and O–H groups in total. The highest BCUT2D eigenvalue weighted by atomic mass is 32.1. The number of benzene rings is 1. The van der Waals surface area contributed by atoms with Crippen molar-refractivity contribution in [1.82, 2.24) is 14.9 Å². The maximum Gasteiger partial charge on any atom is 0.225 e. The van der Waals surface area contributed by atoms with Gasteiger partial charge in [-0.25, -0.2) is 14.4 Å². The molecule has 2 aliphatic rings. The molecule has 2 fully saturated rings. The zero-order chi connectivity index (χ0) is 20.5. The van der Waals surface area contributed by atoms with Crippen molar-refractivity contribution < 1.29 is 9.18 Å². The van der Waals surface area contributed by atoms with Crippen LogP contribution in [0.15, 0.2) is 42.6 Å². The first-order valence-electron chi connectivity index (χ1n) is 10.4. The fourth-order valence-corrected chi connectivity index (χ4v) is 5.31. The van der Waals surface area contributed by atoms with Gasteiger partial charge in [-0.15, -0.1) is 0 Å². The Balaban J connectivity index is 1.16. The van der Waals surface area contributed by atoms with Crippen LogP contribution in [0.4, 0.5) is 15.2 Å². The molecular formula is C22H24FN5OS. The maximum atomic E-state index is 14.0. The van der Waals surface area contributed by atoms with Crippen LogP contribution in [0.3, 0.4) is 0 Å². The molecule has 0 bridgehead atoms. The fourth-order valence-electron chi connectivity index (χ4n) is 4.35. The number of pyridine rings is 1. The summed E-state index contributed by atoms with van der Waals surface area (Å²) >= 11 is 1.61. The Hall–Kier alpha value is -2.74. The lowest BCUT2D eigenvalue weighted by Crippen LogP contribution is -2.51. The summed E-state index contributed by atoms with van der Waals surface area (Å²) in [7, 11) is 0. The van der Waals surface area contributed by atoms with Gasteiger partial charge in [0.2, 0.25) is 5.91 Å². The number of thiazole rings is 1. The van der Waals surface area contributed by atoms with Crippen LogP contribution in [0, 0.1) is 11.7 Å². The van der Waals surface area contributed by atoms with Gasteiger partial charge in [0.1, 0.15) is 16.2 Å². The van der Waals surface area contributed by atoms with Crippen molar-refractivity contribution >= 4 is 38.4 Å². The van der Waals surface area contributed by atoms with E-state index < -0.39 is 0 Å². The van der Waals surface area contributed by atoms with Gasteiger partial charge in [-0.2, -0.15) is 0 Å². The summed E-state index contributed by atoms with van der Waals surface area (Å²) in [5.74, 6) is 0.109. The van der Waals surface area contributed by atoms with Crippen molar-refractivity contribution in [2.24, 2.45) is 5.92 Å². The van der Waals surface area contributed by atoms with E-state index in [1.54, 1.807) is 29.7 Å². The largest absolute Gasteiger partial charge is 0.366 e. The molecule has 0 spiro atoms. The molecule has 2 aromatic heterocycles. The summed E-state index contributed by atoms with van der Waals surface area (Å²) in [4.78, 5) is 29.3. The molecule has 8 heteroatoms. The van der Waals surface area contributed by atoms with Crippen molar-refractivity contribution in [3.8, 4) is 0 Å². The zero-order valence-electron chi connectivity index (χ0n) is 16.7. The van der Waals surface area contributed by atoms with Crippen LogP contribution < -0.4 is 9.80 Å². The highest BCUT2D eigenvalue weighted by molar-refractivity contribution is 7.21. The number of nitrogens with zero attached hydrogens (tertiary/aromatic N) is 5. The Morgan fingerprint density at radius 1 is 0.967 bits per heavy atom. The SMILES string of the molecule is O=C(C1CCN(c2nc3cccnc3s2)CC1)N1CCN(c2ccccc2F)CC1. The molecule has 0 saturated carbocycles. The summed E-state index contributed by atoms with van der Waals surface area (Å²) in [6, 6.07) is 10.7. The van der Waals surface area contributed by atoms with Crippen LogP contribution in [-0.2, 0) is 4.79 Å². The number of fused-ring (bicyclic) bond motifs is 1. The third-order valence-corrected chi connectivity index (χ3v) is 7.09. The second-order valence-electron chi connectivity index (χ2n) is 7.85. The van der Waals surface area contributed by atoms with Crippen molar-refractivity contribution in [3.63, 3.8) is 0 Å². The molecule has 3 aromatic rings. The van der Waals surface area contributed by atoms with E-state index in [-0.39, 0.29) is 17.6 Å². The Labute approximate surface area is 178 Å². The van der Waals surface area contributed by atoms with Gasteiger partial charge in [0, 0.05) is 51.4 Å². The lowest BCUT2D eigenvalue weighted by atomic mass is 9.95. The molecule has 30 heavy (non-hydrogen) atoms. The molecule has 2 saturated heterocycles. The minimum atomic E-state index is -0.199. The first-order valence-corrected chi connectivity index (χ1v) is 11.3. The average Bonchev–Trinajstić information content (AvgIpc) is 3.24. The van der Waals surface area contributed by atoms with Gasteiger partial charge in [-0.05, 0) is 37.1 Å². The molecule has 0 atom stereocenters. The second kappa shape index (κ2) is 8.18. The van der Waals surface area contributed by atoms with Crippen molar-refractivity contribution in [3.05, 3.63) is 48.4 Å². The van der Waals surface area contributed by atoms with Crippen molar-refractivity contribution in [2.75, 3.05) is 49.1 Å². The summed E-state index contributed by atoms with van der Waals surface area (Å²) in [6.45, 7) is 4.32. The van der Waals surface area contributed by atoms with Crippen LogP contribution in [0.25, 0.3) is 10.3 Å². The van der Waals surface area contributed by atoms with Crippen molar-refractivity contribution in [1.29, 1.82) is 0 Å². The van der Waals surface area contributed by atoms with E-state index >= 15 is 0 Å². The molecule has 2 aliphatic heterocycles. The molecule has 0 radical (unpaired) electrons. The topological polar surface area (TPSA) is 52.6 Å². The normalized spacial score (nSPS) is 18.2. The lowest BCUT2D eigenvalue weighted by molar-refractivity contribution is -0.136. The van der Waals surface area contributed by atoms with Gasteiger partial charge in [0.15, 0.2) is 5.13 Å². The number of hydrogen-bond donors (Lipinski definition) is 0. The van der Waals surface area contributed by atoms with E-state index in [9.17, 15) is 9.18 Å². The van der Waals surface area contributed by atoms with Crippen molar-refractivity contribution in [2.45, 2.75) is 12.8 Å². The Morgan fingerprint density at radius 3 is 2.47 bits per heavy atom. The third kappa shape index (κ3) is 3.71. The van der Waals surface area contributed by atoms with Crippen LogP contribution in [0.2, 0.25) is 0 Å². The number of halogens is 1. The number of carbonyl (C=O) groups excluding carboxylic acids is 1. The Morgan fingerprint density at radius 2 is 1.73 bits per heavy atom. The first kappa shape index (κ1) is 19.2. The van der Waals surface area contributed by atoms with E-state index in [2.05, 4.69) is 9.88 Å². The first-order chi connectivity index (χ1) is 14.7. The number of aromatic nitrogens is 2. The number of carbonyl (C=O) groups is 1. The second-order valence-corrected chi connectivity index (χ2v) is 8.81. The third-order valence-electron chi connectivity index (χ3n) is 6.05. The fraction of sp³-hybridized carbons (Fsp3) is 0.409. The molecule has 0 aliphatic carbocycles. The Bertz CT molecular complexity index is 1010. The van der Waals surface area contributed by atoms with Gasteiger partial charge in [0.05, 0.1) is 5.69 Å². The molecule has 0 unspecified atom stereocenters. The number of piperidine rings is 1. The molecular weight excluding hydrogens is 401 g/mol. The van der Waals surface area contributed by atoms with E-state index in [1.807, 2.05) is 28.0 Å². The maximum absolute atomic E-state index is 14.0. The minimum absolute atomic E-state index is 0.0637. The highest BCUT2D eigenvalue weighted by Crippen LogP contribution is 2.31. The number of amides is 1. The summed E-state index contributed by atoms with van der Waals surface area (Å²) < 4.78 is 14.0. The molecule has 156 valence electrons. The summed E-state index contributed by atoms with van der Waals surface area (Å²) in [5, 5.41) is 0.994. The van der Waals surface area contributed by atoms with Crippen LogP contribution in [0.5, 0.6) is 0 Å². The van der Waals surface area contributed by atoms with E-state index in [0.29, 0.717) is 31.9 Å². The van der Waals surface area contributed by atoms with Crippen LogP contribution in [-0.4, -0.2) is 60.0 Å². The smallest absolute Gasteiger partial charge is 0.225 e. The predicted octanol–water partition coefficient (Wildman–Crippen LogP) is 3.40. The lowest BCUT2D eigenvalue weighted by Gasteiger charge is -2.39. The molecule has 4 heterocycles. The predicted molar refractivity (Wildman–Crippen MR) is 118 cm³/mol. The summed E-state index contributed by atoms with van der Waals surface area (Å²) in [6.07, 6.45) is 3.48. The van der Waals surface area contributed by atoms with Gasteiger partial charge in [-0.1, -0.05) is 23.5 Å². The average molecular weight is 426 g/mol. The zero-order valence-corrected chi connectivity index (χ0v) is 17.5. The number of rotatable bonds is 3. The number of piperazine rings is 1. The monoisotopic (exact) mass is 425 g/mol. The van der Waals surface area contributed by atoms with E-state index in [4.69, 9.17) is 4.98 Å². The molecule has 1 amide bonds. The Kier molecular flexibility index (Phi) is 5.25. The van der Waals surface area contributed by atoms with E-state index in [0.717, 1.165) is 41.4 Å². The van der Waals surface area contributed by atoms with Gasteiger partial charge >= 0.3 is 0 Å². The van der Waals surface area contributed by atoms with Crippen LogP contribution >= 0.6 is 11.3 Å². The quantitative estimate of drug-likeness (QED) is 0.644. The highest BCUT2D eigenvalue weighted by Gasteiger charge is 2.31. The van der Waals surface area contributed by atoms with Gasteiger partial charge in [0.25, 0.3) is 0 Å². The number of para-hydroxylation sites is 1. The molecule has 6 nitrogen and oxygen atoms in total. The van der Waals surface area contributed by atoms with Gasteiger partial charge < -0.3 is 14.7 Å². The number of hydrogen-bond acceptors (Lipinski definition) is 6. The summed E-state index contributed by atoms with van der Waals surface area (Å²) in [5.41, 5.74) is 1.56. The number of anilines is 2. The standard InChI is InChI=1S/C22H24FN5OS/c23-17-4-1-2-6-19(17)26-12-14-27(15-13-26)21(29)16-7-10-28(11-8-16)22-25-18-5-3-9-24-20(18)30-22/h1-6,9,16H,7-8,10-15H2. The van der Waals surface area contributed by atoms with Gasteiger partial charge in [-0.3, -0.25) is 4.79 Å². The van der Waals surface area contributed by atoms with Crippen LogP contribution in [0.1, 0.15) is 12.8 Å². The minimum Gasteiger partial charge on any atom is -0.366 e. The van der Waals surface area contributed by atoms with E-state index in [1.165, 1.54) is 6.07 Å². The molecule has 1 aromatic carbocycles.